The number of amides is 1. The number of likely N-dealkylation sites (N-methyl/N-ethyl adjacent to an activating group) is 1. The Morgan fingerprint density at radius 3 is 2.60 bits per heavy atom. The number of aryl methyl sites for hydroxylation is 1. The van der Waals surface area contributed by atoms with Crippen LogP contribution < -0.4 is 4.74 Å². The van der Waals surface area contributed by atoms with Crippen LogP contribution >= 0.6 is 0 Å². The van der Waals surface area contributed by atoms with Crippen molar-refractivity contribution >= 4 is 5.91 Å². The number of benzene rings is 1. The molecule has 134 valence electrons. The number of hydrogen-bond donors (Lipinski definition) is 0. The van der Waals surface area contributed by atoms with Gasteiger partial charge < -0.3 is 14.5 Å². The largest absolute Gasteiger partial charge is 0.481 e. The van der Waals surface area contributed by atoms with Crippen molar-refractivity contribution in [2.75, 3.05) is 27.2 Å². The van der Waals surface area contributed by atoms with Crippen LogP contribution in [0.15, 0.2) is 48.7 Å². The highest BCUT2D eigenvalue weighted by molar-refractivity contribution is 5.80. The van der Waals surface area contributed by atoms with E-state index in [4.69, 9.17) is 4.74 Å². The zero-order valence-corrected chi connectivity index (χ0v) is 15.5. The van der Waals surface area contributed by atoms with Gasteiger partial charge in [0.05, 0.1) is 12.2 Å². The molecule has 1 heterocycles. The quantitative estimate of drug-likeness (QED) is 0.741. The van der Waals surface area contributed by atoms with Gasteiger partial charge in [0.1, 0.15) is 5.75 Å². The number of ether oxygens (including phenoxy) is 1. The molecule has 0 aliphatic carbocycles. The van der Waals surface area contributed by atoms with E-state index in [1.54, 1.807) is 13.1 Å². The van der Waals surface area contributed by atoms with Crippen LogP contribution in [0.2, 0.25) is 0 Å². The minimum absolute atomic E-state index is 0.0333. The van der Waals surface area contributed by atoms with Gasteiger partial charge in [0.2, 0.25) is 0 Å². The average Bonchev–Trinajstić information content (AvgIpc) is 2.58. The molecule has 5 nitrogen and oxygen atoms in total. The Hall–Kier alpha value is -2.40. The van der Waals surface area contributed by atoms with Crippen LogP contribution in [0.3, 0.4) is 0 Å². The Morgan fingerprint density at radius 2 is 1.96 bits per heavy atom. The highest BCUT2D eigenvalue weighted by Gasteiger charge is 2.22. The second-order valence-electron chi connectivity index (χ2n) is 6.46. The predicted molar refractivity (Wildman–Crippen MR) is 99.5 cm³/mol. The molecule has 0 N–H and O–H groups in total. The van der Waals surface area contributed by atoms with E-state index in [0.29, 0.717) is 18.8 Å². The van der Waals surface area contributed by atoms with Gasteiger partial charge in [-0.2, -0.15) is 0 Å². The van der Waals surface area contributed by atoms with Crippen molar-refractivity contribution in [3.63, 3.8) is 0 Å². The zero-order chi connectivity index (χ0) is 18.2. The minimum atomic E-state index is -0.548. The van der Waals surface area contributed by atoms with E-state index in [0.717, 1.165) is 17.8 Å². The summed E-state index contributed by atoms with van der Waals surface area (Å²) in [5.41, 5.74) is 1.98. The second-order valence-corrected chi connectivity index (χ2v) is 6.46. The summed E-state index contributed by atoms with van der Waals surface area (Å²) in [7, 11) is 3.99. The first kappa shape index (κ1) is 18.9. The van der Waals surface area contributed by atoms with E-state index >= 15 is 0 Å². The molecular formula is C20H27N3O2. The van der Waals surface area contributed by atoms with Crippen LogP contribution in [-0.4, -0.2) is 54.0 Å². The molecule has 0 aliphatic heterocycles. The lowest BCUT2D eigenvalue weighted by Gasteiger charge is -2.27. The van der Waals surface area contributed by atoms with E-state index in [-0.39, 0.29) is 5.91 Å². The standard InChI is InChI=1S/C20H27N3O2/c1-16-8-7-10-19(14-16)25-17(2)20(24)23(13-12-22(3)4)15-18-9-5-6-11-21-18/h5-11,14,17H,12-13,15H2,1-4H3/t17-/m1/s1. The third kappa shape index (κ3) is 6.19. The normalized spacial score (nSPS) is 12.0. The maximum absolute atomic E-state index is 12.9. The maximum Gasteiger partial charge on any atom is 0.263 e. The highest BCUT2D eigenvalue weighted by Crippen LogP contribution is 2.15. The highest BCUT2D eigenvalue weighted by atomic mass is 16.5. The summed E-state index contributed by atoms with van der Waals surface area (Å²) in [5, 5.41) is 0. The lowest BCUT2D eigenvalue weighted by atomic mass is 10.2. The number of aromatic nitrogens is 1. The third-order valence-corrected chi connectivity index (χ3v) is 3.86. The molecule has 0 fully saturated rings. The summed E-state index contributed by atoms with van der Waals surface area (Å²) in [6, 6.07) is 13.5. The molecule has 1 aromatic carbocycles. The van der Waals surface area contributed by atoms with Gasteiger partial charge >= 0.3 is 0 Å². The fraction of sp³-hybridized carbons (Fsp3) is 0.400. The van der Waals surface area contributed by atoms with Crippen molar-refractivity contribution < 1.29 is 9.53 Å². The molecule has 2 aromatic rings. The van der Waals surface area contributed by atoms with Crippen LogP contribution in [0.5, 0.6) is 5.75 Å². The average molecular weight is 341 g/mol. The molecule has 1 aromatic heterocycles. The summed E-state index contributed by atoms with van der Waals surface area (Å²) in [6.07, 6.45) is 1.20. The molecule has 0 spiro atoms. The van der Waals surface area contributed by atoms with Gasteiger partial charge in [-0.3, -0.25) is 9.78 Å². The molecule has 0 bridgehead atoms. The number of nitrogens with zero attached hydrogens (tertiary/aromatic N) is 3. The van der Waals surface area contributed by atoms with Crippen LogP contribution in [0.1, 0.15) is 18.2 Å². The Morgan fingerprint density at radius 1 is 1.16 bits per heavy atom. The van der Waals surface area contributed by atoms with Gasteiger partial charge in [-0.15, -0.1) is 0 Å². The number of carbonyl (C=O) groups excluding carboxylic acids is 1. The fourth-order valence-corrected chi connectivity index (χ4v) is 2.48. The first-order chi connectivity index (χ1) is 12.0. The smallest absolute Gasteiger partial charge is 0.263 e. The van der Waals surface area contributed by atoms with Gasteiger partial charge in [-0.05, 0) is 57.8 Å². The van der Waals surface area contributed by atoms with Crippen molar-refractivity contribution in [3.8, 4) is 5.75 Å². The molecular weight excluding hydrogens is 314 g/mol. The second kappa shape index (κ2) is 9.18. The van der Waals surface area contributed by atoms with Crippen LogP contribution in [0, 0.1) is 6.92 Å². The monoisotopic (exact) mass is 341 g/mol. The van der Waals surface area contributed by atoms with E-state index < -0.39 is 6.10 Å². The minimum Gasteiger partial charge on any atom is -0.481 e. The summed E-state index contributed by atoms with van der Waals surface area (Å²) in [5.74, 6) is 0.681. The summed E-state index contributed by atoms with van der Waals surface area (Å²) in [4.78, 5) is 21.1. The van der Waals surface area contributed by atoms with Gasteiger partial charge in [0.25, 0.3) is 5.91 Å². The van der Waals surface area contributed by atoms with Crippen LogP contribution in [-0.2, 0) is 11.3 Å². The van der Waals surface area contributed by atoms with E-state index in [1.807, 2.05) is 68.4 Å². The van der Waals surface area contributed by atoms with Gasteiger partial charge in [-0.25, -0.2) is 0 Å². The number of rotatable bonds is 8. The molecule has 0 aliphatic rings. The number of carbonyl (C=O) groups is 1. The molecule has 25 heavy (non-hydrogen) atoms. The first-order valence-corrected chi connectivity index (χ1v) is 8.52. The zero-order valence-electron chi connectivity index (χ0n) is 15.5. The molecule has 0 unspecified atom stereocenters. The van der Waals surface area contributed by atoms with Gasteiger partial charge in [-0.1, -0.05) is 18.2 Å². The van der Waals surface area contributed by atoms with Crippen molar-refractivity contribution in [2.24, 2.45) is 0 Å². The Labute approximate surface area is 150 Å². The van der Waals surface area contributed by atoms with E-state index in [9.17, 15) is 4.79 Å². The molecule has 5 heteroatoms. The number of hydrogen-bond acceptors (Lipinski definition) is 4. The third-order valence-electron chi connectivity index (χ3n) is 3.86. The molecule has 1 atom stereocenters. The Kier molecular flexibility index (Phi) is 6.95. The Balaban J connectivity index is 2.07. The molecule has 0 saturated carbocycles. The topological polar surface area (TPSA) is 45.7 Å². The summed E-state index contributed by atoms with van der Waals surface area (Å²) < 4.78 is 5.86. The predicted octanol–water partition coefficient (Wildman–Crippen LogP) is 2.75. The Bertz CT molecular complexity index is 674. The lowest BCUT2D eigenvalue weighted by molar-refractivity contribution is -0.138. The van der Waals surface area contributed by atoms with E-state index in [2.05, 4.69) is 9.88 Å². The summed E-state index contributed by atoms with van der Waals surface area (Å²) in [6.45, 7) is 5.70. The van der Waals surface area contributed by atoms with Crippen molar-refractivity contribution in [3.05, 3.63) is 59.9 Å². The van der Waals surface area contributed by atoms with Crippen molar-refractivity contribution in [1.82, 2.24) is 14.8 Å². The van der Waals surface area contributed by atoms with Gasteiger partial charge in [0.15, 0.2) is 6.10 Å². The maximum atomic E-state index is 12.9. The van der Waals surface area contributed by atoms with Crippen molar-refractivity contribution in [1.29, 1.82) is 0 Å². The SMILES string of the molecule is Cc1cccc(O[C@H](C)C(=O)N(CCN(C)C)Cc2ccccn2)c1. The molecule has 0 radical (unpaired) electrons. The van der Waals surface area contributed by atoms with Gasteiger partial charge in [0, 0.05) is 19.3 Å². The molecule has 2 rings (SSSR count). The molecule has 0 saturated heterocycles. The molecule has 1 amide bonds. The van der Waals surface area contributed by atoms with Crippen molar-refractivity contribution in [2.45, 2.75) is 26.5 Å². The fourth-order valence-electron chi connectivity index (χ4n) is 2.48. The van der Waals surface area contributed by atoms with Crippen LogP contribution in [0.25, 0.3) is 0 Å². The van der Waals surface area contributed by atoms with E-state index in [1.165, 1.54) is 0 Å². The first-order valence-electron chi connectivity index (χ1n) is 8.52. The lowest BCUT2D eigenvalue weighted by Crippen LogP contribution is -2.43. The van der Waals surface area contributed by atoms with Crippen LogP contribution in [0.4, 0.5) is 0 Å². The number of pyridine rings is 1. The summed E-state index contributed by atoms with van der Waals surface area (Å²) >= 11 is 0.